The normalized spacial score (nSPS) is 10.2. The highest BCUT2D eigenvalue weighted by Crippen LogP contribution is 2.31. The first-order valence-corrected chi connectivity index (χ1v) is 5.97. The number of hydrogen-bond donors (Lipinski definition) is 0. The number of rotatable bonds is 2. The smallest absolute Gasteiger partial charge is 0.215 e. The molecule has 0 aliphatic carbocycles. The van der Waals surface area contributed by atoms with E-state index in [1.54, 1.807) is 6.26 Å². The number of benzene rings is 2. The van der Waals surface area contributed by atoms with Crippen LogP contribution in [-0.4, -0.2) is 0 Å². The van der Waals surface area contributed by atoms with Gasteiger partial charge < -0.3 is 0 Å². The minimum Gasteiger partial charge on any atom is -0.215 e. The molecule has 0 aliphatic rings. The second-order valence-corrected chi connectivity index (χ2v) is 4.09. The van der Waals surface area contributed by atoms with Gasteiger partial charge in [0.15, 0.2) is 0 Å². The summed E-state index contributed by atoms with van der Waals surface area (Å²) in [5, 5.41) is 0. The third-order valence-electron chi connectivity index (χ3n) is 2.89. The van der Waals surface area contributed by atoms with Crippen LogP contribution in [0.4, 0.5) is 0 Å². The van der Waals surface area contributed by atoms with Crippen LogP contribution in [0, 0.1) is 0 Å². The summed E-state index contributed by atoms with van der Waals surface area (Å²) in [7, 11) is 0. The maximum Gasteiger partial charge on any atom is 0.367 e. The van der Waals surface area contributed by atoms with Crippen LogP contribution in [0.3, 0.4) is 0 Å². The minimum atomic E-state index is 0.907. The molecule has 0 unspecified atom stereocenters. The van der Waals surface area contributed by atoms with Crippen LogP contribution < -0.4 is 0 Å². The molecule has 2 aromatic carbocycles. The lowest BCUT2D eigenvalue weighted by molar-refractivity contribution is 0.567. The summed E-state index contributed by atoms with van der Waals surface area (Å²) in [4.78, 5) is 0. The van der Waals surface area contributed by atoms with Gasteiger partial charge in [-0.25, -0.2) is 4.42 Å². The van der Waals surface area contributed by atoms with E-state index in [0.29, 0.717) is 0 Å². The first-order chi connectivity index (χ1) is 8.95. The molecule has 0 bridgehead atoms. The quantitative estimate of drug-likeness (QED) is 0.573. The second-order valence-electron chi connectivity index (χ2n) is 4.09. The Bertz CT molecular complexity index is 572. The minimum absolute atomic E-state index is 0.907. The highest BCUT2D eigenvalue weighted by Gasteiger charge is 2.17. The lowest BCUT2D eigenvalue weighted by Crippen LogP contribution is -1.83. The summed E-state index contributed by atoms with van der Waals surface area (Å²) in [5.41, 5.74) is 3.38. The fourth-order valence-electron chi connectivity index (χ4n) is 2.04. The molecule has 0 atom stereocenters. The molecule has 0 N–H and O–H groups in total. The first kappa shape index (κ1) is 10.7. The molecule has 0 fully saturated rings. The van der Waals surface area contributed by atoms with E-state index in [0.717, 1.165) is 16.9 Å². The standard InChI is InChI=1S/C17H13O/c1-3-8-14(9-4-1)16-12-7-13-18-17(16)15-10-5-2-6-11-15/h1-13H/q+1. The van der Waals surface area contributed by atoms with E-state index in [4.69, 9.17) is 4.42 Å². The molecule has 0 saturated heterocycles. The highest BCUT2D eigenvalue weighted by molar-refractivity contribution is 5.79. The van der Waals surface area contributed by atoms with Gasteiger partial charge >= 0.3 is 12.0 Å². The maximum atomic E-state index is 5.70. The lowest BCUT2D eigenvalue weighted by atomic mass is 10.0. The summed E-state index contributed by atoms with van der Waals surface area (Å²) >= 11 is 0. The zero-order valence-electron chi connectivity index (χ0n) is 9.91. The highest BCUT2D eigenvalue weighted by atomic mass is 16.3. The van der Waals surface area contributed by atoms with Crippen molar-refractivity contribution in [1.82, 2.24) is 0 Å². The Balaban J connectivity index is 2.18. The van der Waals surface area contributed by atoms with Crippen molar-refractivity contribution in [2.45, 2.75) is 0 Å². The van der Waals surface area contributed by atoms with Gasteiger partial charge in [-0.15, -0.1) is 0 Å². The van der Waals surface area contributed by atoms with Crippen molar-refractivity contribution >= 4 is 0 Å². The molecule has 0 saturated carbocycles. The van der Waals surface area contributed by atoms with Crippen molar-refractivity contribution in [3.05, 3.63) is 79.1 Å². The van der Waals surface area contributed by atoms with Crippen molar-refractivity contribution in [2.75, 3.05) is 0 Å². The molecule has 1 heterocycles. The van der Waals surface area contributed by atoms with Gasteiger partial charge in [-0.2, -0.15) is 0 Å². The Morgan fingerprint density at radius 2 is 1.17 bits per heavy atom. The molecule has 0 radical (unpaired) electrons. The van der Waals surface area contributed by atoms with E-state index in [1.165, 1.54) is 5.56 Å². The molecule has 86 valence electrons. The van der Waals surface area contributed by atoms with Crippen molar-refractivity contribution in [3.8, 4) is 22.5 Å². The fraction of sp³-hybridized carbons (Fsp3) is 0. The number of hydrogen-bond acceptors (Lipinski definition) is 0. The van der Waals surface area contributed by atoms with Crippen LogP contribution in [0.5, 0.6) is 0 Å². The molecule has 1 heteroatoms. The molecule has 3 rings (SSSR count). The molecule has 18 heavy (non-hydrogen) atoms. The largest absolute Gasteiger partial charge is 0.367 e. The Hall–Kier alpha value is -2.41. The summed E-state index contributed by atoms with van der Waals surface area (Å²) in [6.45, 7) is 0. The predicted molar refractivity (Wildman–Crippen MR) is 74.0 cm³/mol. The SMILES string of the molecule is c1ccc(-c2ccc[o+]c2-c2ccccc2)cc1. The zero-order chi connectivity index (χ0) is 12.2. The van der Waals surface area contributed by atoms with Gasteiger partial charge in [-0.1, -0.05) is 48.5 Å². The summed E-state index contributed by atoms with van der Waals surface area (Å²) in [6.07, 6.45) is 1.72. The van der Waals surface area contributed by atoms with Gasteiger partial charge in [0.25, 0.3) is 0 Å². The van der Waals surface area contributed by atoms with Crippen LogP contribution in [0.1, 0.15) is 0 Å². The lowest BCUT2D eigenvalue weighted by Gasteiger charge is -2.00. The van der Waals surface area contributed by atoms with Gasteiger partial charge in [0.1, 0.15) is 0 Å². The monoisotopic (exact) mass is 233 g/mol. The first-order valence-electron chi connectivity index (χ1n) is 5.97. The van der Waals surface area contributed by atoms with Crippen LogP contribution in [-0.2, 0) is 0 Å². The fourth-order valence-corrected chi connectivity index (χ4v) is 2.04. The van der Waals surface area contributed by atoms with Crippen molar-refractivity contribution < 1.29 is 4.42 Å². The van der Waals surface area contributed by atoms with Gasteiger partial charge in [0, 0.05) is 6.07 Å². The van der Waals surface area contributed by atoms with Crippen LogP contribution >= 0.6 is 0 Å². The van der Waals surface area contributed by atoms with Crippen LogP contribution in [0.25, 0.3) is 22.5 Å². The zero-order valence-corrected chi connectivity index (χ0v) is 9.91. The average Bonchev–Trinajstić information content (AvgIpc) is 2.49. The van der Waals surface area contributed by atoms with E-state index >= 15 is 0 Å². The van der Waals surface area contributed by atoms with Crippen LogP contribution in [0.15, 0.2) is 83.5 Å². The predicted octanol–water partition coefficient (Wildman–Crippen LogP) is 4.89. The van der Waals surface area contributed by atoms with Gasteiger partial charge in [0.2, 0.25) is 0 Å². The molecule has 0 aliphatic heterocycles. The van der Waals surface area contributed by atoms with E-state index < -0.39 is 0 Å². The Morgan fingerprint density at radius 3 is 1.83 bits per heavy atom. The van der Waals surface area contributed by atoms with E-state index in [9.17, 15) is 0 Å². The van der Waals surface area contributed by atoms with Crippen molar-refractivity contribution in [2.24, 2.45) is 0 Å². The van der Waals surface area contributed by atoms with Crippen LogP contribution in [0.2, 0.25) is 0 Å². The van der Waals surface area contributed by atoms with E-state index in [1.807, 2.05) is 42.5 Å². The Labute approximate surface area is 106 Å². The van der Waals surface area contributed by atoms with Gasteiger partial charge in [-0.3, -0.25) is 0 Å². The Kier molecular flexibility index (Phi) is 2.89. The topological polar surface area (TPSA) is 11.3 Å². The van der Waals surface area contributed by atoms with Crippen molar-refractivity contribution in [3.63, 3.8) is 0 Å². The molecule has 1 nitrogen and oxygen atoms in total. The van der Waals surface area contributed by atoms with E-state index in [-0.39, 0.29) is 0 Å². The van der Waals surface area contributed by atoms with Gasteiger partial charge in [-0.05, 0) is 23.8 Å². The third kappa shape index (κ3) is 2.03. The summed E-state index contributed by atoms with van der Waals surface area (Å²) in [6, 6.07) is 24.5. The maximum absolute atomic E-state index is 5.70. The molecule has 3 aromatic rings. The summed E-state index contributed by atoms with van der Waals surface area (Å²) in [5.74, 6) is 0.907. The molecule has 1 aromatic heterocycles. The summed E-state index contributed by atoms with van der Waals surface area (Å²) < 4.78 is 5.70. The average molecular weight is 233 g/mol. The molecule has 0 spiro atoms. The van der Waals surface area contributed by atoms with Gasteiger partial charge in [0.05, 0.1) is 11.1 Å². The molecular weight excluding hydrogens is 220 g/mol. The molecular formula is C17H13O+. The second kappa shape index (κ2) is 4.84. The molecule has 0 amide bonds. The van der Waals surface area contributed by atoms with Crippen molar-refractivity contribution in [1.29, 1.82) is 0 Å². The van der Waals surface area contributed by atoms with E-state index in [2.05, 4.69) is 30.3 Å². The Morgan fingerprint density at radius 1 is 0.556 bits per heavy atom. The third-order valence-corrected chi connectivity index (χ3v) is 2.89.